The number of rotatable bonds is 10. The first kappa shape index (κ1) is 23.6. The van der Waals surface area contributed by atoms with E-state index in [0.717, 1.165) is 5.56 Å². The van der Waals surface area contributed by atoms with Gasteiger partial charge in [-0.1, -0.05) is 51.1 Å². The third kappa shape index (κ3) is 6.72. The summed E-state index contributed by atoms with van der Waals surface area (Å²) in [5, 5.41) is 8.97. The number of anilines is 1. The summed E-state index contributed by atoms with van der Waals surface area (Å²) in [6.45, 7) is 7.07. The maximum atomic E-state index is 12.3. The zero-order valence-corrected chi connectivity index (χ0v) is 19.6. The molecule has 3 rings (SSSR count). The molecule has 0 fully saturated rings. The summed E-state index contributed by atoms with van der Waals surface area (Å²) in [5.74, 6) is 0.234. The summed E-state index contributed by atoms with van der Waals surface area (Å²) in [5.41, 5.74) is 2.44. The maximum absolute atomic E-state index is 12.3. The Morgan fingerprint density at radius 3 is 2.34 bits per heavy atom. The average Bonchev–Trinajstić information content (AvgIpc) is 3.43. The maximum Gasteiger partial charge on any atom is 0.225 e. The summed E-state index contributed by atoms with van der Waals surface area (Å²) in [6.07, 6.45) is 2.18. The number of carbonyl (C=O) groups is 3. The fraction of sp³-hybridized carbons (Fsp3) is 0.360. The fourth-order valence-electron chi connectivity index (χ4n) is 3.24. The van der Waals surface area contributed by atoms with Gasteiger partial charge in [-0.05, 0) is 28.0 Å². The second-order valence-electron chi connectivity index (χ2n) is 8.81. The van der Waals surface area contributed by atoms with Crippen molar-refractivity contribution in [3.05, 3.63) is 70.0 Å². The Labute approximate surface area is 192 Å². The van der Waals surface area contributed by atoms with Crippen molar-refractivity contribution in [3.63, 3.8) is 0 Å². The number of ketones is 2. The minimum absolute atomic E-state index is 0.0303. The summed E-state index contributed by atoms with van der Waals surface area (Å²) in [6, 6.07) is 13.7. The smallest absolute Gasteiger partial charge is 0.225 e. The van der Waals surface area contributed by atoms with Gasteiger partial charge in [0.05, 0.1) is 17.6 Å². The molecule has 6 nitrogen and oxygen atoms in total. The van der Waals surface area contributed by atoms with Crippen LogP contribution >= 0.6 is 11.3 Å². The van der Waals surface area contributed by atoms with Gasteiger partial charge in [-0.25, -0.2) is 4.68 Å². The van der Waals surface area contributed by atoms with Crippen molar-refractivity contribution in [2.24, 2.45) is 0 Å². The van der Waals surface area contributed by atoms with Crippen molar-refractivity contribution in [2.45, 2.75) is 58.4 Å². The number of carbonyl (C=O) groups excluding carboxylic acids is 3. The molecule has 0 radical (unpaired) electrons. The van der Waals surface area contributed by atoms with E-state index in [0.29, 0.717) is 17.2 Å². The largest absolute Gasteiger partial charge is 0.311 e. The number of hydrogen-bond donors (Lipinski definition) is 1. The predicted molar refractivity (Wildman–Crippen MR) is 127 cm³/mol. The van der Waals surface area contributed by atoms with Crippen LogP contribution < -0.4 is 5.32 Å². The lowest BCUT2D eigenvalue weighted by molar-refractivity contribution is -0.122. The molecule has 0 spiro atoms. The van der Waals surface area contributed by atoms with Crippen molar-refractivity contribution in [2.75, 3.05) is 5.32 Å². The standard InChI is InChI=1S/C25H29N3O3S/c1-25(2,3)19-8-6-18(7-9-19)17-28-23(14-15-26-28)27-24(31)13-11-20(29)10-12-21(30)22-5-4-16-32-22/h4-9,14-16H,10-13,17H2,1-3H3,(H,27,31). The van der Waals surface area contributed by atoms with E-state index in [-0.39, 0.29) is 48.6 Å². The van der Waals surface area contributed by atoms with Crippen LogP contribution in [0, 0.1) is 0 Å². The third-order valence-electron chi connectivity index (χ3n) is 5.19. The van der Waals surface area contributed by atoms with Crippen LogP contribution in [0.3, 0.4) is 0 Å². The van der Waals surface area contributed by atoms with E-state index < -0.39 is 0 Å². The molecule has 1 N–H and O–H groups in total. The molecule has 3 aromatic rings. The molecule has 1 amide bonds. The topological polar surface area (TPSA) is 81.1 Å². The van der Waals surface area contributed by atoms with Crippen LogP contribution in [0.4, 0.5) is 5.82 Å². The number of nitrogens with zero attached hydrogens (tertiary/aromatic N) is 2. The van der Waals surface area contributed by atoms with Crippen LogP contribution in [-0.2, 0) is 21.5 Å². The van der Waals surface area contributed by atoms with Crippen molar-refractivity contribution in [1.82, 2.24) is 9.78 Å². The first-order chi connectivity index (χ1) is 15.2. The first-order valence-electron chi connectivity index (χ1n) is 10.7. The van der Waals surface area contributed by atoms with Crippen LogP contribution in [-0.4, -0.2) is 27.3 Å². The Hall–Kier alpha value is -3.06. The minimum Gasteiger partial charge on any atom is -0.311 e. The average molecular weight is 452 g/mol. The van der Waals surface area contributed by atoms with Gasteiger partial charge in [0.2, 0.25) is 5.91 Å². The van der Waals surface area contributed by atoms with Gasteiger partial charge in [0.15, 0.2) is 5.78 Å². The molecule has 1 aromatic carbocycles. The first-order valence-corrected chi connectivity index (χ1v) is 11.6. The highest BCUT2D eigenvalue weighted by atomic mass is 32.1. The third-order valence-corrected chi connectivity index (χ3v) is 6.11. The fourth-order valence-corrected chi connectivity index (χ4v) is 3.94. The van der Waals surface area contributed by atoms with Gasteiger partial charge in [0.25, 0.3) is 0 Å². The van der Waals surface area contributed by atoms with Gasteiger partial charge in [0.1, 0.15) is 11.6 Å². The number of benzene rings is 1. The molecule has 32 heavy (non-hydrogen) atoms. The Morgan fingerprint density at radius 2 is 1.69 bits per heavy atom. The lowest BCUT2D eigenvalue weighted by Crippen LogP contribution is -2.17. The van der Waals surface area contributed by atoms with Gasteiger partial charge in [-0.15, -0.1) is 11.3 Å². The summed E-state index contributed by atoms with van der Waals surface area (Å²) >= 11 is 1.37. The van der Waals surface area contributed by atoms with Gasteiger partial charge in [-0.3, -0.25) is 14.4 Å². The van der Waals surface area contributed by atoms with Gasteiger partial charge in [0, 0.05) is 31.7 Å². The number of hydrogen-bond acceptors (Lipinski definition) is 5. The molecule has 0 aliphatic carbocycles. The predicted octanol–water partition coefficient (Wildman–Crippen LogP) is 5.24. The Bertz CT molecular complexity index is 1060. The van der Waals surface area contributed by atoms with E-state index in [1.165, 1.54) is 16.9 Å². The van der Waals surface area contributed by atoms with Gasteiger partial charge in [-0.2, -0.15) is 5.10 Å². The number of amides is 1. The van der Waals surface area contributed by atoms with Crippen LogP contribution in [0.2, 0.25) is 0 Å². The molecule has 0 aliphatic heterocycles. The Balaban J connectivity index is 1.46. The van der Waals surface area contributed by atoms with E-state index in [1.54, 1.807) is 23.0 Å². The molecule has 168 valence electrons. The number of Topliss-reactive ketones (excluding diaryl/α,β-unsaturated/α-hetero) is 2. The number of aromatic nitrogens is 2. The van der Waals surface area contributed by atoms with Crippen LogP contribution in [0.1, 0.15) is 67.3 Å². The molecule has 0 unspecified atom stereocenters. The molecule has 0 saturated heterocycles. The zero-order chi connectivity index (χ0) is 23.1. The van der Waals surface area contributed by atoms with Gasteiger partial charge < -0.3 is 5.32 Å². The molecule has 2 aromatic heterocycles. The zero-order valence-electron chi connectivity index (χ0n) is 18.8. The molecule has 0 atom stereocenters. The van der Waals surface area contributed by atoms with E-state index in [2.05, 4.69) is 55.5 Å². The molecule has 7 heteroatoms. The van der Waals surface area contributed by atoms with E-state index >= 15 is 0 Å². The monoisotopic (exact) mass is 451 g/mol. The highest BCUT2D eigenvalue weighted by Gasteiger charge is 2.15. The summed E-state index contributed by atoms with van der Waals surface area (Å²) < 4.78 is 1.73. The van der Waals surface area contributed by atoms with Crippen LogP contribution in [0.25, 0.3) is 0 Å². The van der Waals surface area contributed by atoms with E-state index in [4.69, 9.17) is 0 Å². The summed E-state index contributed by atoms with van der Waals surface area (Å²) in [7, 11) is 0. The second-order valence-corrected chi connectivity index (χ2v) is 9.76. The summed E-state index contributed by atoms with van der Waals surface area (Å²) in [4.78, 5) is 37.1. The van der Waals surface area contributed by atoms with Crippen molar-refractivity contribution in [3.8, 4) is 0 Å². The molecule has 0 aliphatic rings. The number of thiophene rings is 1. The SMILES string of the molecule is CC(C)(C)c1ccc(Cn2nccc2NC(=O)CCC(=O)CCC(=O)c2cccs2)cc1. The van der Waals surface area contributed by atoms with Crippen LogP contribution in [0.15, 0.2) is 54.0 Å². The van der Waals surface area contributed by atoms with E-state index in [9.17, 15) is 14.4 Å². The van der Waals surface area contributed by atoms with Crippen molar-refractivity contribution >= 4 is 34.6 Å². The normalized spacial score (nSPS) is 11.3. The lowest BCUT2D eigenvalue weighted by atomic mass is 9.87. The van der Waals surface area contributed by atoms with Crippen LogP contribution in [0.5, 0.6) is 0 Å². The highest BCUT2D eigenvalue weighted by Crippen LogP contribution is 2.22. The Morgan fingerprint density at radius 1 is 0.969 bits per heavy atom. The van der Waals surface area contributed by atoms with Crippen molar-refractivity contribution < 1.29 is 14.4 Å². The molecular formula is C25H29N3O3S. The molecule has 0 bridgehead atoms. The minimum atomic E-state index is -0.243. The lowest BCUT2D eigenvalue weighted by Gasteiger charge is -2.19. The second kappa shape index (κ2) is 10.5. The van der Waals surface area contributed by atoms with E-state index in [1.807, 2.05) is 11.4 Å². The Kier molecular flexibility index (Phi) is 7.75. The number of nitrogens with one attached hydrogen (secondary N) is 1. The highest BCUT2D eigenvalue weighted by molar-refractivity contribution is 7.12. The molecule has 0 saturated carbocycles. The van der Waals surface area contributed by atoms with Crippen molar-refractivity contribution in [1.29, 1.82) is 0 Å². The quantitative estimate of drug-likeness (QED) is 0.427. The molecule has 2 heterocycles. The molecular weight excluding hydrogens is 422 g/mol. The van der Waals surface area contributed by atoms with Gasteiger partial charge >= 0.3 is 0 Å².